The molecule has 1 atom stereocenters. The maximum atomic E-state index is 5.75. The number of nitrogens with one attached hydrogen (secondary N) is 1. The van der Waals surface area contributed by atoms with Gasteiger partial charge in [-0.25, -0.2) is 0 Å². The van der Waals surface area contributed by atoms with Crippen LogP contribution in [0.15, 0.2) is 0 Å². The Morgan fingerprint density at radius 2 is 1.87 bits per heavy atom. The third kappa shape index (κ3) is 5.50. The van der Waals surface area contributed by atoms with Crippen LogP contribution >= 0.6 is 0 Å². The van der Waals surface area contributed by atoms with E-state index in [1.165, 1.54) is 19.6 Å². The van der Waals surface area contributed by atoms with Crippen molar-refractivity contribution < 1.29 is 4.74 Å². The van der Waals surface area contributed by atoms with E-state index in [0.717, 1.165) is 26.1 Å². The summed E-state index contributed by atoms with van der Waals surface area (Å²) in [7, 11) is 0. The zero-order valence-corrected chi connectivity index (χ0v) is 10.5. The number of ether oxygens (including phenoxy) is 1. The minimum absolute atomic E-state index is 0.396. The van der Waals surface area contributed by atoms with E-state index in [1.807, 2.05) is 0 Å². The summed E-state index contributed by atoms with van der Waals surface area (Å²) < 4.78 is 5.75. The molecular formula is C12H26N2O. The molecule has 3 heteroatoms. The molecule has 3 nitrogen and oxygen atoms in total. The number of nitrogens with zero attached hydrogens (tertiary/aromatic N) is 1. The molecule has 90 valence electrons. The topological polar surface area (TPSA) is 24.5 Å². The molecule has 0 spiro atoms. The van der Waals surface area contributed by atoms with Gasteiger partial charge in [0.2, 0.25) is 0 Å². The molecule has 0 aromatic rings. The Bertz CT molecular complexity index is 156. The maximum Gasteiger partial charge on any atom is 0.0569 e. The Labute approximate surface area is 94.2 Å². The van der Waals surface area contributed by atoms with Crippen molar-refractivity contribution in [3.8, 4) is 0 Å². The number of piperazine rings is 1. The van der Waals surface area contributed by atoms with Crippen molar-refractivity contribution in [2.45, 2.75) is 33.3 Å². The van der Waals surface area contributed by atoms with E-state index in [2.05, 4.69) is 31.0 Å². The minimum atomic E-state index is 0.396. The van der Waals surface area contributed by atoms with Gasteiger partial charge < -0.3 is 15.0 Å². The highest BCUT2D eigenvalue weighted by molar-refractivity contribution is 4.67. The molecular weight excluding hydrogens is 188 g/mol. The first-order valence-electron chi connectivity index (χ1n) is 6.25. The molecule has 1 aliphatic heterocycles. The molecule has 1 N–H and O–H groups in total. The lowest BCUT2D eigenvalue weighted by molar-refractivity contribution is 0.0296. The summed E-state index contributed by atoms with van der Waals surface area (Å²) >= 11 is 0. The van der Waals surface area contributed by atoms with Crippen LogP contribution in [0.2, 0.25) is 0 Å². The zero-order valence-electron chi connectivity index (χ0n) is 10.5. The van der Waals surface area contributed by atoms with Crippen LogP contribution in [0, 0.1) is 5.92 Å². The number of hydrogen-bond donors (Lipinski definition) is 1. The second-order valence-electron chi connectivity index (χ2n) is 4.77. The van der Waals surface area contributed by atoms with Crippen LogP contribution in [0.3, 0.4) is 0 Å². The summed E-state index contributed by atoms with van der Waals surface area (Å²) in [4.78, 5) is 2.51. The van der Waals surface area contributed by atoms with Crippen LogP contribution in [0.1, 0.15) is 27.2 Å². The Balaban J connectivity index is 1.96. The molecule has 1 aliphatic rings. The van der Waals surface area contributed by atoms with E-state index >= 15 is 0 Å². The van der Waals surface area contributed by atoms with Gasteiger partial charge in [0.1, 0.15) is 0 Å². The summed E-state index contributed by atoms with van der Waals surface area (Å²) in [5.74, 6) is 0.629. The van der Waals surface area contributed by atoms with Crippen LogP contribution in [-0.4, -0.2) is 50.3 Å². The lowest BCUT2D eigenvalue weighted by atomic mass is 10.1. The van der Waals surface area contributed by atoms with Crippen LogP contribution in [-0.2, 0) is 4.74 Å². The van der Waals surface area contributed by atoms with Gasteiger partial charge in [-0.15, -0.1) is 0 Å². The number of rotatable bonds is 6. The van der Waals surface area contributed by atoms with Crippen molar-refractivity contribution in [1.82, 2.24) is 10.2 Å². The summed E-state index contributed by atoms with van der Waals surface area (Å²) in [6.07, 6.45) is 1.56. The zero-order chi connectivity index (χ0) is 11.1. The summed E-state index contributed by atoms with van der Waals surface area (Å²) in [5.41, 5.74) is 0. The van der Waals surface area contributed by atoms with Gasteiger partial charge in [0.25, 0.3) is 0 Å². The molecule has 0 unspecified atom stereocenters. The largest absolute Gasteiger partial charge is 0.378 e. The molecule has 0 aromatic carbocycles. The van der Waals surface area contributed by atoms with Gasteiger partial charge >= 0.3 is 0 Å². The van der Waals surface area contributed by atoms with Gasteiger partial charge in [-0.3, -0.25) is 0 Å². The van der Waals surface area contributed by atoms with Crippen molar-refractivity contribution in [2.24, 2.45) is 5.92 Å². The van der Waals surface area contributed by atoms with Gasteiger partial charge in [-0.1, -0.05) is 13.8 Å². The molecule has 0 amide bonds. The molecule has 0 radical (unpaired) electrons. The Hall–Kier alpha value is -0.120. The van der Waals surface area contributed by atoms with Gasteiger partial charge in [0.15, 0.2) is 0 Å². The summed E-state index contributed by atoms with van der Waals surface area (Å²) in [5, 5.41) is 3.37. The first-order chi connectivity index (χ1) is 7.20. The predicted octanol–water partition coefficient (Wildman–Crippen LogP) is 1.34. The fourth-order valence-electron chi connectivity index (χ4n) is 1.68. The Morgan fingerprint density at radius 1 is 1.20 bits per heavy atom. The second kappa shape index (κ2) is 7.20. The fourth-order valence-corrected chi connectivity index (χ4v) is 1.68. The van der Waals surface area contributed by atoms with Gasteiger partial charge in [-0.05, 0) is 19.3 Å². The van der Waals surface area contributed by atoms with Crippen LogP contribution < -0.4 is 5.32 Å². The van der Waals surface area contributed by atoms with Crippen molar-refractivity contribution in [1.29, 1.82) is 0 Å². The van der Waals surface area contributed by atoms with Crippen molar-refractivity contribution >= 4 is 0 Å². The molecule has 0 saturated carbocycles. The lowest BCUT2D eigenvalue weighted by Gasteiger charge is -2.27. The molecule has 0 aromatic heterocycles. The highest BCUT2D eigenvalue weighted by Crippen LogP contribution is 2.05. The smallest absolute Gasteiger partial charge is 0.0569 e. The third-order valence-electron chi connectivity index (χ3n) is 3.15. The fraction of sp³-hybridized carbons (Fsp3) is 1.00. The number of hydrogen-bond acceptors (Lipinski definition) is 3. The predicted molar refractivity (Wildman–Crippen MR) is 64.2 cm³/mol. The standard InChI is InChI=1S/C12H26N2O/c1-11(2)12(3)15-10-4-7-14-8-5-13-6-9-14/h11-13H,4-10H2,1-3H3/t12-/m1/s1. The van der Waals surface area contributed by atoms with Gasteiger partial charge in [0, 0.05) is 39.3 Å². The van der Waals surface area contributed by atoms with Crippen LogP contribution in [0.25, 0.3) is 0 Å². The maximum absolute atomic E-state index is 5.75. The molecule has 15 heavy (non-hydrogen) atoms. The molecule has 0 aliphatic carbocycles. The first kappa shape index (κ1) is 12.9. The van der Waals surface area contributed by atoms with E-state index < -0.39 is 0 Å². The quantitative estimate of drug-likeness (QED) is 0.675. The third-order valence-corrected chi connectivity index (χ3v) is 3.15. The van der Waals surface area contributed by atoms with Crippen LogP contribution in [0.4, 0.5) is 0 Å². The highest BCUT2D eigenvalue weighted by Gasteiger charge is 2.10. The molecule has 1 rings (SSSR count). The van der Waals surface area contributed by atoms with Gasteiger partial charge in [-0.2, -0.15) is 0 Å². The monoisotopic (exact) mass is 214 g/mol. The normalized spacial score (nSPS) is 20.8. The van der Waals surface area contributed by atoms with Gasteiger partial charge in [0.05, 0.1) is 6.10 Å². The molecule has 0 bridgehead atoms. The van der Waals surface area contributed by atoms with E-state index in [9.17, 15) is 0 Å². The Morgan fingerprint density at radius 3 is 2.47 bits per heavy atom. The van der Waals surface area contributed by atoms with E-state index in [-0.39, 0.29) is 0 Å². The van der Waals surface area contributed by atoms with E-state index in [0.29, 0.717) is 12.0 Å². The van der Waals surface area contributed by atoms with Crippen LogP contribution in [0.5, 0.6) is 0 Å². The molecule has 1 fully saturated rings. The minimum Gasteiger partial charge on any atom is -0.378 e. The van der Waals surface area contributed by atoms with Crippen molar-refractivity contribution in [3.63, 3.8) is 0 Å². The van der Waals surface area contributed by atoms with E-state index in [1.54, 1.807) is 0 Å². The van der Waals surface area contributed by atoms with Crippen molar-refractivity contribution in [2.75, 3.05) is 39.3 Å². The highest BCUT2D eigenvalue weighted by atomic mass is 16.5. The average molecular weight is 214 g/mol. The Kier molecular flexibility index (Phi) is 6.22. The molecule has 1 saturated heterocycles. The second-order valence-corrected chi connectivity index (χ2v) is 4.77. The average Bonchev–Trinajstić information content (AvgIpc) is 2.25. The summed E-state index contributed by atoms with van der Waals surface area (Å²) in [6, 6.07) is 0. The van der Waals surface area contributed by atoms with Crippen molar-refractivity contribution in [3.05, 3.63) is 0 Å². The first-order valence-corrected chi connectivity index (χ1v) is 6.25. The SMILES string of the molecule is CC(C)[C@@H](C)OCCCN1CCNCC1. The summed E-state index contributed by atoms with van der Waals surface area (Å²) in [6.45, 7) is 13.3. The lowest BCUT2D eigenvalue weighted by Crippen LogP contribution is -2.44. The van der Waals surface area contributed by atoms with E-state index in [4.69, 9.17) is 4.74 Å². The molecule has 1 heterocycles.